The van der Waals surface area contributed by atoms with E-state index in [0.717, 1.165) is 12.1 Å². The Kier molecular flexibility index (Phi) is 6.15. The number of rotatable bonds is 3. The highest BCUT2D eigenvalue weighted by molar-refractivity contribution is 9.10. The van der Waals surface area contributed by atoms with E-state index in [1.807, 2.05) is 0 Å². The van der Waals surface area contributed by atoms with E-state index in [-0.39, 0.29) is 29.6 Å². The van der Waals surface area contributed by atoms with Crippen LogP contribution in [0.3, 0.4) is 0 Å². The van der Waals surface area contributed by atoms with Gasteiger partial charge in [-0.15, -0.1) is 25.6 Å². The first-order valence-electron chi connectivity index (χ1n) is 6.07. The molecule has 23 heavy (non-hydrogen) atoms. The third kappa shape index (κ3) is 4.66. The molecule has 0 aliphatic rings. The van der Waals surface area contributed by atoms with E-state index in [2.05, 4.69) is 20.7 Å². The maximum atomic E-state index is 12.1. The topological polar surface area (TPSA) is 81.5 Å². The van der Waals surface area contributed by atoms with Gasteiger partial charge in [0.05, 0.1) is 11.7 Å². The summed E-state index contributed by atoms with van der Waals surface area (Å²) in [6.45, 7) is 0. The number of phenols is 1. The van der Waals surface area contributed by atoms with Crippen LogP contribution in [0.25, 0.3) is 0 Å². The van der Waals surface area contributed by atoms with Crippen molar-refractivity contribution in [3.63, 3.8) is 0 Å². The molecule has 5 N–H and O–H groups in total. The summed E-state index contributed by atoms with van der Waals surface area (Å²) in [6, 6.07) is 7.46. The van der Waals surface area contributed by atoms with Crippen molar-refractivity contribution >= 4 is 34.0 Å². The minimum absolute atomic E-state index is 0. The number of nitrogens with two attached hydrogens (primary N) is 2. The smallest absolute Gasteiger partial charge is 0.505 e. The second-order valence-electron chi connectivity index (χ2n) is 4.49. The third-order valence-electron chi connectivity index (χ3n) is 2.98. The second kappa shape index (κ2) is 7.29. The van der Waals surface area contributed by atoms with Crippen LogP contribution in [0.5, 0.6) is 11.5 Å². The highest BCUT2D eigenvalue weighted by Gasteiger charge is 2.31. The lowest BCUT2D eigenvalue weighted by Gasteiger charge is -2.17. The average Bonchev–Trinajstić information content (AvgIpc) is 2.42. The molecular formula is C14H13BrClF3N2O2. The molecule has 0 radical (unpaired) electrons. The number of halogens is 5. The Balaban J connectivity index is 0.00000264. The van der Waals surface area contributed by atoms with Crippen LogP contribution in [0.4, 0.5) is 18.9 Å². The van der Waals surface area contributed by atoms with Crippen molar-refractivity contribution in [2.45, 2.75) is 12.4 Å². The number of phenolic OH excluding ortho intramolecular Hbond substituents is 1. The number of anilines is 1. The molecule has 0 heterocycles. The second-order valence-corrected chi connectivity index (χ2v) is 5.35. The standard InChI is InChI=1S/C14H12BrF3N2O2.ClH/c15-9-5-6-10(19)13(21)11(9)12(20)7-1-3-8(4-2-7)22-14(16,17)18;/h1-6,12,21H,19-20H2;1H/t12-;/m1./s1. The number of hydrogen-bond donors (Lipinski definition) is 3. The lowest BCUT2D eigenvalue weighted by atomic mass is 9.98. The number of aromatic hydroxyl groups is 1. The van der Waals surface area contributed by atoms with Gasteiger partial charge >= 0.3 is 6.36 Å². The zero-order valence-electron chi connectivity index (χ0n) is 11.5. The fourth-order valence-corrected chi connectivity index (χ4v) is 2.51. The van der Waals surface area contributed by atoms with Gasteiger partial charge in [-0.25, -0.2) is 0 Å². The quantitative estimate of drug-likeness (QED) is 0.522. The summed E-state index contributed by atoms with van der Waals surface area (Å²) in [6.07, 6.45) is -4.75. The number of benzene rings is 2. The average molecular weight is 414 g/mol. The largest absolute Gasteiger partial charge is 0.573 e. The number of ether oxygens (including phenoxy) is 1. The highest BCUT2D eigenvalue weighted by atomic mass is 79.9. The molecule has 2 aromatic carbocycles. The Labute approximate surface area is 144 Å². The number of hydrogen-bond acceptors (Lipinski definition) is 4. The summed E-state index contributed by atoms with van der Waals surface area (Å²) in [5, 5.41) is 10.0. The summed E-state index contributed by atoms with van der Waals surface area (Å²) in [5.74, 6) is -0.517. The van der Waals surface area contributed by atoms with E-state index < -0.39 is 12.4 Å². The van der Waals surface area contributed by atoms with Gasteiger partial charge in [0.1, 0.15) is 11.5 Å². The van der Waals surface area contributed by atoms with E-state index in [1.165, 1.54) is 18.2 Å². The molecule has 2 aromatic rings. The maximum absolute atomic E-state index is 12.1. The minimum atomic E-state index is -4.75. The molecule has 4 nitrogen and oxygen atoms in total. The van der Waals surface area contributed by atoms with Crippen LogP contribution in [-0.4, -0.2) is 11.5 Å². The minimum Gasteiger partial charge on any atom is -0.505 e. The number of alkyl halides is 3. The van der Waals surface area contributed by atoms with E-state index in [0.29, 0.717) is 15.6 Å². The maximum Gasteiger partial charge on any atom is 0.573 e. The van der Waals surface area contributed by atoms with Crippen LogP contribution < -0.4 is 16.2 Å². The molecule has 0 spiro atoms. The van der Waals surface area contributed by atoms with Gasteiger partial charge in [-0.3, -0.25) is 0 Å². The molecule has 126 valence electrons. The molecular weight excluding hydrogens is 401 g/mol. The van der Waals surface area contributed by atoms with Crippen molar-refractivity contribution in [1.82, 2.24) is 0 Å². The van der Waals surface area contributed by atoms with Gasteiger partial charge in [0.25, 0.3) is 0 Å². The molecule has 0 fully saturated rings. The number of nitrogen functional groups attached to an aromatic ring is 1. The molecule has 2 rings (SSSR count). The van der Waals surface area contributed by atoms with Crippen molar-refractivity contribution in [1.29, 1.82) is 0 Å². The Hall–Kier alpha value is -1.64. The fraction of sp³-hybridized carbons (Fsp3) is 0.143. The zero-order valence-corrected chi connectivity index (χ0v) is 13.9. The lowest BCUT2D eigenvalue weighted by Crippen LogP contribution is -2.17. The molecule has 0 aliphatic heterocycles. The van der Waals surface area contributed by atoms with E-state index in [9.17, 15) is 18.3 Å². The molecule has 0 bridgehead atoms. The summed E-state index contributed by atoms with van der Waals surface area (Å²) >= 11 is 3.26. The molecule has 0 amide bonds. The van der Waals surface area contributed by atoms with Gasteiger partial charge in [0.15, 0.2) is 0 Å². The van der Waals surface area contributed by atoms with Crippen molar-refractivity contribution in [3.05, 3.63) is 52.0 Å². The van der Waals surface area contributed by atoms with Crippen molar-refractivity contribution in [2.75, 3.05) is 5.73 Å². The van der Waals surface area contributed by atoms with Crippen molar-refractivity contribution < 1.29 is 23.0 Å². The molecule has 0 aromatic heterocycles. The van der Waals surface area contributed by atoms with Crippen LogP contribution in [0.2, 0.25) is 0 Å². The predicted octanol–water partition coefficient (Wildman–Crippen LogP) is 4.11. The van der Waals surface area contributed by atoms with Crippen LogP contribution >= 0.6 is 28.3 Å². The first-order chi connectivity index (χ1) is 10.2. The summed E-state index contributed by atoms with van der Waals surface area (Å²) in [5.41, 5.74) is 12.7. The SMILES string of the molecule is Cl.Nc1ccc(Br)c([C@H](N)c2ccc(OC(F)(F)F)cc2)c1O. The summed E-state index contributed by atoms with van der Waals surface area (Å²) in [4.78, 5) is 0. The van der Waals surface area contributed by atoms with Gasteiger partial charge in [-0.05, 0) is 29.8 Å². The Morgan fingerprint density at radius 3 is 2.17 bits per heavy atom. The van der Waals surface area contributed by atoms with Gasteiger partial charge in [0.2, 0.25) is 0 Å². The zero-order chi connectivity index (χ0) is 16.5. The first-order valence-corrected chi connectivity index (χ1v) is 6.86. The van der Waals surface area contributed by atoms with Crippen LogP contribution in [0.1, 0.15) is 17.2 Å². The highest BCUT2D eigenvalue weighted by Crippen LogP contribution is 2.38. The Bertz CT molecular complexity index is 681. The molecule has 9 heteroatoms. The Morgan fingerprint density at radius 2 is 1.65 bits per heavy atom. The van der Waals surface area contributed by atoms with Gasteiger partial charge < -0.3 is 21.3 Å². The van der Waals surface area contributed by atoms with Gasteiger partial charge in [-0.1, -0.05) is 28.1 Å². The molecule has 0 aliphatic carbocycles. The Morgan fingerprint density at radius 1 is 1.09 bits per heavy atom. The fourth-order valence-electron chi connectivity index (χ4n) is 1.94. The first kappa shape index (κ1) is 19.4. The van der Waals surface area contributed by atoms with Crippen molar-refractivity contribution in [3.8, 4) is 11.5 Å². The monoisotopic (exact) mass is 412 g/mol. The van der Waals surface area contributed by atoms with Crippen LogP contribution in [-0.2, 0) is 0 Å². The van der Waals surface area contributed by atoms with E-state index >= 15 is 0 Å². The molecule has 0 unspecified atom stereocenters. The van der Waals surface area contributed by atoms with Crippen molar-refractivity contribution in [2.24, 2.45) is 5.73 Å². The molecule has 1 atom stereocenters. The van der Waals surface area contributed by atoms with E-state index in [1.54, 1.807) is 6.07 Å². The lowest BCUT2D eigenvalue weighted by molar-refractivity contribution is -0.274. The summed E-state index contributed by atoms with van der Waals surface area (Å²) < 4.78 is 40.7. The van der Waals surface area contributed by atoms with Crippen LogP contribution in [0, 0.1) is 0 Å². The van der Waals surface area contributed by atoms with Crippen LogP contribution in [0.15, 0.2) is 40.9 Å². The summed E-state index contributed by atoms with van der Waals surface area (Å²) in [7, 11) is 0. The van der Waals surface area contributed by atoms with Gasteiger partial charge in [0, 0.05) is 10.0 Å². The predicted molar refractivity (Wildman–Crippen MR) is 86.6 cm³/mol. The van der Waals surface area contributed by atoms with Gasteiger partial charge in [-0.2, -0.15) is 0 Å². The normalized spacial score (nSPS) is 12.4. The van der Waals surface area contributed by atoms with E-state index in [4.69, 9.17) is 11.5 Å². The molecule has 0 saturated heterocycles. The molecule has 0 saturated carbocycles. The third-order valence-corrected chi connectivity index (χ3v) is 3.67.